The summed E-state index contributed by atoms with van der Waals surface area (Å²) in [6.45, 7) is 76.8. The molecule has 0 bridgehead atoms. The molecule has 0 spiro atoms. The molecule has 0 aliphatic heterocycles. The largest absolute Gasteiger partial charge is 0.309 e. The molecule has 8 aromatic heterocycles. The molecule has 0 saturated heterocycles. The fourth-order valence-electron chi connectivity index (χ4n) is 22.2. The van der Waals surface area contributed by atoms with E-state index in [0.717, 1.165) is 122 Å². The monoisotopic (exact) mass is 2040 g/mol. The standard InChI is InChI=1S/C68H78N4Si4.C62H66N4Si4/c1-67(2,3)43-19-29-59(69-41-43)65-51-27-21-46(72-63-33-25-49(75(13,14)15)39-55(63)56-40-50(76(16,17)18)26-34-64(56)72)36-58(51)66(60-30-20-44(42-70-60)68(4,5)6)52-28-22-45(35-57(52)65)71-61-31-23-47(73(7,8)9)37-53(61)54-38-48(74(10,11)12)24-32-62(54)71;1-39-15-25-55(63-37-39)61-47-23-17-42(66-59-29-21-45(69(9,10)11)35-51(59)52-36-46(70(12,13)14)22-30-60(52)66)32-54(47)62(56-26-16-40(2)38-64-56)48-24-18-41(31-53(48)61)65-57-27-19-43(67(3,4)5)33-49(57)50-34-44(68(6,7)8)20-28-58(50)65/h19-42H,1-18H3;15-38H,1-14H3. The molecule has 0 saturated carbocycles. The van der Waals surface area contributed by atoms with Gasteiger partial charge in [-0.15, -0.1) is 0 Å². The summed E-state index contributed by atoms with van der Waals surface area (Å²) in [4.78, 5) is 21.3. The van der Waals surface area contributed by atoms with Gasteiger partial charge in [0.1, 0.15) is 0 Å². The predicted octanol–water partition coefficient (Wildman–Crippen LogP) is 32.2. The third-order valence-electron chi connectivity index (χ3n) is 31.3. The van der Waals surface area contributed by atoms with Crippen LogP contribution in [0.15, 0.2) is 292 Å². The number of fused-ring (bicyclic) bond motifs is 16. The second-order valence-corrected chi connectivity index (χ2v) is 93.0. The summed E-state index contributed by atoms with van der Waals surface area (Å²) in [5, 5.41) is 31.8. The maximum Gasteiger partial charge on any atom is 0.0776 e. The molecule has 16 heteroatoms. The molecule has 0 amide bonds. The van der Waals surface area contributed by atoms with Gasteiger partial charge in [0.2, 0.25) is 0 Å². The van der Waals surface area contributed by atoms with Crippen molar-refractivity contribution < 1.29 is 0 Å². The van der Waals surface area contributed by atoms with Gasteiger partial charge in [-0.05, 0) is 211 Å². The molecule has 14 aromatic carbocycles. The number of aryl methyl sites for hydroxylation is 2. The quantitative estimate of drug-likeness (QED) is 0.0714. The van der Waals surface area contributed by atoms with Gasteiger partial charge in [-0.25, -0.2) is 0 Å². The van der Waals surface area contributed by atoms with E-state index in [0.29, 0.717) is 0 Å². The van der Waals surface area contributed by atoms with Gasteiger partial charge in [0.05, 0.1) is 132 Å². The topological polar surface area (TPSA) is 71.3 Å². The van der Waals surface area contributed by atoms with Gasteiger partial charge in [0, 0.05) is 113 Å². The lowest BCUT2D eigenvalue weighted by atomic mass is 9.85. The van der Waals surface area contributed by atoms with E-state index in [4.69, 9.17) is 19.9 Å². The zero-order valence-corrected chi connectivity index (χ0v) is 100. The summed E-state index contributed by atoms with van der Waals surface area (Å²) in [6.07, 6.45) is 8.24. The van der Waals surface area contributed by atoms with Gasteiger partial charge >= 0.3 is 0 Å². The second kappa shape index (κ2) is 35.2. The molecule has 0 unspecified atom stereocenters. The maximum atomic E-state index is 5.41. The summed E-state index contributed by atoms with van der Waals surface area (Å²) in [5.74, 6) is 0. The molecular weight excluding hydrogens is 1900 g/mol. The first-order chi connectivity index (χ1) is 68.5. The minimum Gasteiger partial charge on any atom is -0.309 e. The average Bonchev–Trinajstić information content (AvgIpc) is 1.33. The Hall–Kier alpha value is -12.3. The Morgan fingerprint density at radius 1 is 0.171 bits per heavy atom. The van der Waals surface area contributed by atoms with Crippen molar-refractivity contribution >= 4 is 236 Å². The van der Waals surface area contributed by atoms with Crippen molar-refractivity contribution in [2.24, 2.45) is 0 Å². The van der Waals surface area contributed by atoms with E-state index >= 15 is 0 Å². The summed E-state index contributed by atoms with van der Waals surface area (Å²) in [7, 11) is -12.8. The van der Waals surface area contributed by atoms with Crippen LogP contribution in [0.3, 0.4) is 0 Å². The number of rotatable bonds is 16. The first-order valence-electron chi connectivity index (χ1n) is 52.8. The fourth-order valence-corrected chi connectivity index (χ4v) is 31.5. The Morgan fingerprint density at radius 2 is 0.342 bits per heavy atom. The molecule has 22 aromatic rings. The van der Waals surface area contributed by atoms with Crippen LogP contribution in [0.2, 0.25) is 157 Å². The Labute approximate surface area is 872 Å². The van der Waals surface area contributed by atoms with Crippen molar-refractivity contribution in [3.05, 3.63) is 314 Å². The molecule has 0 fully saturated rings. The SMILES string of the molecule is CC(C)(C)c1ccc(-c2c3ccc(-n4c5ccc([Si](C)(C)C)cc5c5cc([Si](C)(C)C)ccc54)cc3c(-c3ccc(C(C)(C)C)cn3)c3ccc(-n4c5ccc([Si](C)(C)C)cc5c5cc([Si](C)(C)C)ccc54)cc23)nc1.Cc1ccc(-c2c3ccc(-n4c5ccc([Si](C)(C)C)cc5c5cc([Si](C)(C)C)ccc54)cc3c(-c3ccc(C)cn3)c3ccc(-n4c5ccc([Si](C)(C)C)cc5c5cc([Si](C)(C)C)ccc54)cc23)nc1. The van der Waals surface area contributed by atoms with Crippen molar-refractivity contribution in [1.82, 2.24) is 38.2 Å². The number of nitrogens with zero attached hydrogens (tertiary/aromatic N) is 8. The lowest BCUT2D eigenvalue weighted by Crippen LogP contribution is -2.37. The smallest absolute Gasteiger partial charge is 0.0776 e. The highest BCUT2D eigenvalue weighted by molar-refractivity contribution is 6.92. The minimum absolute atomic E-state index is 0.0400. The van der Waals surface area contributed by atoms with E-state index in [-0.39, 0.29) is 10.8 Å². The molecule has 22 rings (SSSR count). The lowest BCUT2D eigenvalue weighted by Gasteiger charge is -2.22. The fraction of sp³-hybridized carbons (Fsp3) is 0.262. The van der Waals surface area contributed by atoms with Crippen LogP contribution in [0, 0.1) is 13.8 Å². The zero-order chi connectivity index (χ0) is 104. The Morgan fingerprint density at radius 3 is 0.486 bits per heavy atom. The van der Waals surface area contributed by atoms with Gasteiger partial charge in [-0.3, -0.25) is 19.9 Å². The highest BCUT2D eigenvalue weighted by atomic mass is 28.3. The first kappa shape index (κ1) is 99.6. The molecule has 0 radical (unpaired) electrons. The number of pyridine rings is 4. The number of hydrogen-bond acceptors (Lipinski definition) is 4. The highest BCUT2D eigenvalue weighted by Crippen LogP contribution is 2.50. The van der Waals surface area contributed by atoms with Crippen molar-refractivity contribution in [3.63, 3.8) is 0 Å². The Balaban J connectivity index is 0.000000172. The van der Waals surface area contributed by atoms with E-state index in [1.165, 1.54) is 140 Å². The van der Waals surface area contributed by atoms with E-state index in [9.17, 15) is 0 Å². The molecule has 0 aliphatic carbocycles. The van der Waals surface area contributed by atoms with Gasteiger partial charge in [-0.2, -0.15) is 0 Å². The molecule has 736 valence electrons. The Bertz CT molecular complexity index is 8300. The summed E-state index contributed by atoms with van der Waals surface area (Å²) in [5.41, 5.74) is 27.5. The summed E-state index contributed by atoms with van der Waals surface area (Å²) >= 11 is 0. The van der Waals surface area contributed by atoms with E-state index in [1.807, 2.05) is 12.4 Å². The zero-order valence-electron chi connectivity index (χ0n) is 92.3. The summed E-state index contributed by atoms with van der Waals surface area (Å²) in [6, 6.07) is 105. The first-order valence-corrected chi connectivity index (χ1v) is 80.8. The second-order valence-electron chi connectivity index (χ2n) is 52.4. The van der Waals surface area contributed by atoms with Crippen molar-refractivity contribution in [2.45, 2.75) is 223 Å². The summed E-state index contributed by atoms with van der Waals surface area (Å²) < 4.78 is 10.1. The van der Waals surface area contributed by atoms with Crippen molar-refractivity contribution in [2.75, 3.05) is 0 Å². The molecule has 0 aliphatic rings. The normalized spacial score (nSPS) is 13.2. The average molecular weight is 2040 g/mol. The van der Waals surface area contributed by atoms with E-state index in [2.05, 4.69) is 510 Å². The third-order valence-corrected chi connectivity index (χ3v) is 47.6. The Kier molecular flexibility index (Phi) is 24.0. The van der Waals surface area contributed by atoms with E-state index < -0.39 is 64.6 Å². The van der Waals surface area contributed by atoms with Crippen LogP contribution in [0.4, 0.5) is 0 Å². The number of hydrogen-bond donors (Lipinski definition) is 0. The number of benzene rings is 14. The van der Waals surface area contributed by atoms with Crippen LogP contribution in [0.1, 0.15) is 63.8 Å². The molecule has 0 atom stereocenters. The van der Waals surface area contributed by atoms with Gasteiger partial charge in [0.15, 0.2) is 0 Å². The number of aromatic nitrogens is 8. The molecule has 146 heavy (non-hydrogen) atoms. The van der Waals surface area contributed by atoms with Gasteiger partial charge in [0.25, 0.3) is 0 Å². The van der Waals surface area contributed by atoms with Gasteiger partial charge in [-0.1, -0.05) is 386 Å². The maximum absolute atomic E-state index is 5.41. The molecule has 8 nitrogen and oxygen atoms in total. The molecular formula is C130H144N8Si8. The van der Waals surface area contributed by atoms with Crippen molar-refractivity contribution in [3.8, 4) is 67.8 Å². The highest BCUT2D eigenvalue weighted by Gasteiger charge is 2.34. The van der Waals surface area contributed by atoms with Crippen LogP contribution < -0.4 is 41.5 Å². The van der Waals surface area contributed by atoms with Crippen molar-refractivity contribution in [1.29, 1.82) is 0 Å². The van der Waals surface area contributed by atoms with Crippen LogP contribution >= 0.6 is 0 Å². The molecule has 8 heterocycles. The van der Waals surface area contributed by atoms with Crippen LogP contribution in [-0.2, 0) is 10.8 Å². The predicted molar refractivity (Wildman–Crippen MR) is 664 cm³/mol. The minimum atomic E-state index is -1.61. The molecule has 0 N–H and O–H groups in total. The van der Waals surface area contributed by atoms with Crippen LogP contribution in [-0.4, -0.2) is 103 Å². The van der Waals surface area contributed by atoms with E-state index in [1.54, 1.807) is 0 Å². The van der Waals surface area contributed by atoms with Crippen LogP contribution in [0.25, 0.3) is 198 Å². The van der Waals surface area contributed by atoms with Gasteiger partial charge < -0.3 is 18.3 Å². The third kappa shape index (κ3) is 17.8. The van der Waals surface area contributed by atoms with Crippen LogP contribution in [0.5, 0.6) is 0 Å². The lowest BCUT2D eigenvalue weighted by molar-refractivity contribution is 0.587.